The number of hydrogen-bond donors (Lipinski definition) is 1. The van der Waals surface area contributed by atoms with Gasteiger partial charge in [0.1, 0.15) is 5.76 Å². The Morgan fingerprint density at radius 1 is 1.67 bits per heavy atom. The third-order valence-electron chi connectivity index (χ3n) is 2.24. The Morgan fingerprint density at radius 2 is 2.50 bits per heavy atom. The molecule has 1 amide bonds. The van der Waals surface area contributed by atoms with Crippen molar-refractivity contribution in [1.82, 2.24) is 9.88 Å². The van der Waals surface area contributed by atoms with Crippen LogP contribution in [0.3, 0.4) is 0 Å². The molecular formula is C11H13N3O2S2. The quantitative estimate of drug-likeness (QED) is 0.850. The van der Waals surface area contributed by atoms with E-state index in [1.54, 1.807) is 24.4 Å². The van der Waals surface area contributed by atoms with Crippen LogP contribution < -0.4 is 5.73 Å². The van der Waals surface area contributed by atoms with Crippen molar-refractivity contribution < 1.29 is 9.21 Å². The second-order valence-electron chi connectivity index (χ2n) is 3.64. The average molecular weight is 283 g/mol. The van der Waals surface area contributed by atoms with Crippen molar-refractivity contribution in [3.8, 4) is 0 Å². The summed E-state index contributed by atoms with van der Waals surface area (Å²) in [5, 5.41) is 0.522. The molecule has 0 saturated carbocycles. The van der Waals surface area contributed by atoms with Crippen molar-refractivity contribution >= 4 is 34.1 Å². The second-order valence-corrected chi connectivity index (χ2v) is 5.97. The van der Waals surface area contributed by atoms with Crippen LogP contribution in [-0.2, 0) is 11.3 Å². The number of nitrogen functional groups attached to an aromatic ring is 1. The monoisotopic (exact) mass is 283 g/mol. The predicted molar refractivity (Wildman–Crippen MR) is 72.4 cm³/mol. The van der Waals surface area contributed by atoms with Gasteiger partial charge in [0.25, 0.3) is 0 Å². The van der Waals surface area contributed by atoms with Crippen LogP contribution >= 0.6 is 23.1 Å². The fourth-order valence-corrected chi connectivity index (χ4v) is 3.01. The van der Waals surface area contributed by atoms with Crippen LogP contribution in [0.4, 0.5) is 5.13 Å². The Bertz CT molecular complexity index is 510. The fraction of sp³-hybridized carbons (Fsp3) is 0.273. The summed E-state index contributed by atoms with van der Waals surface area (Å²) in [5.74, 6) is 1.19. The number of anilines is 1. The Morgan fingerprint density at radius 3 is 3.11 bits per heavy atom. The van der Waals surface area contributed by atoms with E-state index in [4.69, 9.17) is 10.2 Å². The molecule has 7 heteroatoms. The molecule has 2 aromatic rings. The molecular weight excluding hydrogens is 270 g/mol. The molecule has 2 heterocycles. The lowest BCUT2D eigenvalue weighted by Gasteiger charge is -2.14. The summed E-state index contributed by atoms with van der Waals surface area (Å²) in [6.07, 6.45) is 3.28. The molecule has 0 aromatic carbocycles. The van der Waals surface area contributed by atoms with Crippen LogP contribution in [0.25, 0.3) is 0 Å². The molecule has 0 unspecified atom stereocenters. The molecule has 18 heavy (non-hydrogen) atoms. The highest BCUT2D eigenvalue weighted by atomic mass is 32.2. The summed E-state index contributed by atoms with van der Waals surface area (Å²) in [4.78, 5) is 17.4. The maximum absolute atomic E-state index is 11.9. The molecule has 0 atom stereocenters. The molecule has 0 aliphatic heterocycles. The zero-order valence-electron chi connectivity index (χ0n) is 9.83. The van der Waals surface area contributed by atoms with E-state index in [2.05, 4.69) is 4.98 Å². The summed E-state index contributed by atoms with van der Waals surface area (Å²) in [7, 11) is 1.76. The Hall–Kier alpha value is -1.47. The van der Waals surface area contributed by atoms with E-state index in [9.17, 15) is 4.79 Å². The number of furan rings is 1. The zero-order valence-corrected chi connectivity index (χ0v) is 11.5. The van der Waals surface area contributed by atoms with Crippen LogP contribution in [0.15, 0.2) is 33.2 Å². The van der Waals surface area contributed by atoms with Crippen LogP contribution in [0.5, 0.6) is 0 Å². The Balaban J connectivity index is 1.80. The third-order valence-corrected chi connectivity index (χ3v) is 4.25. The lowest BCUT2D eigenvalue weighted by atomic mass is 10.4. The maximum Gasteiger partial charge on any atom is 0.233 e. The Kier molecular flexibility index (Phi) is 4.27. The first-order valence-corrected chi connectivity index (χ1v) is 7.06. The highest BCUT2D eigenvalue weighted by molar-refractivity contribution is 8.01. The fourth-order valence-electron chi connectivity index (χ4n) is 1.31. The van der Waals surface area contributed by atoms with Gasteiger partial charge in [0.05, 0.1) is 29.0 Å². The molecule has 0 aliphatic carbocycles. The normalized spacial score (nSPS) is 10.5. The molecule has 0 bridgehead atoms. The number of carbonyl (C=O) groups is 1. The number of carbonyl (C=O) groups excluding carboxylic acids is 1. The minimum Gasteiger partial charge on any atom is -0.467 e. The number of rotatable bonds is 5. The summed E-state index contributed by atoms with van der Waals surface area (Å²) in [6.45, 7) is 0.483. The van der Waals surface area contributed by atoms with Crippen molar-refractivity contribution in [1.29, 1.82) is 0 Å². The van der Waals surface area contributed by atoms with Gasteiger partial charge >= 0.3 is 0 Å². The second kappa shape index (κ2) is 5.92. The maximum atomic E-state index is 11.9. The lowest BCUT2D eigenvalue weighted by Crippen LogP contribution is -2.27. The van der Waals surface area contributed by atoms with Crippen LogP contribution in [0.1, 0.15) is 5.76 Å². The largest absolute Gasteiger partial charge is 0.467 e. The molecule has 2 rings (SSSR count). The first kappa shape index (κ1) is 13.0. The third kappa shape index (κ3) is 3.51. The first-order valence-electron chi connectivity index (χ1n) is 5.25. The number of amides is 1. The minimum atomic E-state index is 0.0448. The molecule has 0 fully saturated rings. The van der Waals surface area contributed by atoms with Crippen molar-refractivity contribution in [3.05, 3.63) is 30.4 Å². The molecule has 96 valence electrons. The van der Waals surface area contributed by atoms with Gasteiger partial charge in [-0.05, 0) is 12.1 Å². The zero-order chi connectivity index (χ0) is 13.0. The van der Waals surface area contributed by atoms with Gasteiger partial charge in [-0.3, -0.25) is 4.79 Å². The average Bonchev–Trinajstić information content (AvgIpc) is 2.97. The SMILES string of the molecule is CN(Cc1ccco1)C(=O)CSc1cnc(N)s1. The standard InChI is InChI=1S/C11H13N3O2S2/c1-14(6-8-3-2-4-16-8)9(15)7-17-10-5-13-11(12)18-10/h2-5H,6-7H2,1H3,(H2,12,13). The summed E-state index contributed by atoms with van der Waals surface area (Å²) in [6, 6.07) is 3.66. The highest BCUT2D eigenvalue weighted by Gasteiger charge is 2.11. The van der Waals surface area contributed by atoms with E-state index in [0.717, 1.165) is 9.97 Å². The van der Waals surface area contributed by atoms with Crippen LogP contribution in [0, 0.1) is 0 Å². The number of thiazole rings is 1. The summed E-state index contributed by atoms with van der Waals surface area (Å²) >= 11 is 2.83. The van der Waals surface area contributed by atoms with Gasteiger partial charge in [0, 0.05) is 7.05 Å². The molecule has 2 aromatic heterocycles. The van der Waals surface area contributed by atoms with E-state index >= 15 is 0 Å². The summed E-state index contributed by atoms with van der Waals surface area (Å²) in [5.41, 5.74) is 5.52. The number of thioether (sulfide) groups is 1. The topological polar surface area (TPSA) is 72.4 Å². The molecule has 0 aliphatic rings. The highest BCUT2D eigenvalue weighted by Crippen LogP contribution is 2.26. The van der Waals surface area contributed by atoms with E-state index in [1.807, 2.05) is 12.1 Å². The van der Waals surface area contributed by atoms with Crippen molar-refractivity contribution in [2.45, 2.75) is 10.8 Å². The van der Waals surface area contributed by atoms with E-state index in [1.165, 1.54) is 23.1 Å². The van der Waals surface area contributed by atoms with Gasteiger partial charge in [0.2, 0.25) is 5.91 Å². The summed E-state index contributed by atoms with van der Waals surface area (Å²) < 4.78 is 6.15. The molecule has 5 nitrogen and oxygen atoms in total. The van der Waals surface area contributed by atoms with Gasteiger partial charge < -0.3 is 15.1 Å². The van der Waals surface area contributed by atoms with E-state index in [-0.39, 0.29) is 5.91 Å². The predicted octanol–water partition coefficient (Wildman–Crippen LogP) is 2.07. The van der Waals surface area contributed by atoms with Crippen molar-refractivity contribution in [2.75, 3.05) is 18.5 Å². The van der Waals surface area contributed by atoms with Crippen molar-refractivity contribution in [3.63, 3.8) is 0 Å². The lowest BCUT2D eigenvalue weighted by molar-refractivity contribution is -0.127. The molecule has 0 radical (unpaired) electrons. The van der Waals surface area contributed by atoms with Gasteiger partial charge in [0.15, 0.2) is 5.13 Å². The van der Waals surface area contributed by atoms with Crippen LogP contribution in [0.2, 0.25) is 0 Å². The Labute approximate surface area is 113 Å². The number of nitrogens with zero attached hydrogens (tertiary/aromatic N) is 2. The minimum absolute atomic E-state index is 0.0448. The smallest absolute Gasteiger partial charge is 0.233 e. The number of aromatic nitrogens is 1. The molecule has 0 saturated heterocycles. The van der Waals surface area contributed by atoms with E-state index < -0.39 is 0 Å². The van der Waals surface area contributed by atoms with E-state index in [0.29, 0.717) is 17.4 Å². The van der Waals surface area contributed by atoms with Gasteiger partial charge in [-0.2, -0.15) is 0 Å². The molecule has 2 N–H and O–H groups in total. The van der Waals surface area contributed by atoms with Crippen LogP contribution in [-0.4, -0.2) is 28.6 Å². The molecule has 0 spiro atoms. The number of nitrogens with two attached hydrogens (primary N) is 1. The number of hydrogen-bond acceptors (Lipinski definition) is 6. The van der Waals surface area contributed by atoms with Gasteiger partial charge in [-0.25, -0.2) is 4.98 Å². The van der Waals surface area contributed by atoms with Gasteiger partial charge in [-0.15, -0.1) is 11.8 Å². The van der Waals surface area contributed by atoms with Gasteiger partial charge in [-0.1, -0.05) is 11.3 Å². The van der Waals surface area contributed by atoms with Crippen molar-refractivity contribution in [2.24, 2.45) is 0 Å². The first-order chi connectivity index (χ1) is 8.65.